The summed E-state index contributed by atoms with van der Waals surface area (Å²) in [4.78, 5) is 33.7. The maximum atomic E-state index is 15.1. The van der Waals surface area contributed by atoms with Crippen LogP contribution in [0.2, 0.25) is 0 Å². The molecule has 14 nitrogen and oxygen atoms in total. The summed E-state index contributed by atoms with van der Waals surface area (Å²) in [6, 6.07) is -0.247. The Bertz CT molecular complexity index is 1510. The zero-order chi connectivity index (χ0) is 44.3. The van der Waals surface area contributed by atoms with E-state index in [-0.39, 0.29) is 90.1 Å². The van der Waals surface area contributed by atoms with Gasteiger partial charge in [-0.3, -0.25) is 9.59 Å². The lowest BCUT2D eigenvalue weighted by atomic mass is 9.62. The molecule has 2 N–H and O–H groups in total. The third kappa shape index (κ3) is 10.7. The normalized spacial score (nSPS) is 44.6. The van der Waals surface area contributed by atoms with Crippen LogP contribution in [0.5, 0.6) is 0 Å². The number of Topliss-reactive ketones (excluding diaryl/α,β-unsaturated/α-hetero) is 1. The number of cyclic esters (lactones) is 1. The van der Waals surface area contributed by atoms with E-state index in [4.69, 9.17) is 37.9 Å². The van der Waals surface area contributed by atoms with Crippen LogP contribution in [-0.2, 0) is 47.5 Å². The lowest BCUT2D eigenvalue weighted by Crippen LogP contribution is -2.59. The van der Waals surface area contributed by atoms with E-state index in [1.165, 1.54) is 12.8 Å². The molecular weight excluding hydrogens is 795 g/mol. The second kappa shape index (κ2) is 21.4. The number of nitrogens with zero attached hydrogens (tertiary/aromatic N) is 2. The molecule has 18 atom stereocenters. The van der Waals surface area contributed by atoms with Gasteiger partial charge in [0.05, 0.1) is 36.4 Å². The fourth-order valence-electron chi connectivity index (χ4n) is 12.9. The van der Waals surface area contributed by atoms with Crippen molar-refractivity contribution in [3.63, 3.8) is 0 Å². The molecule has 4 unspecified atom stereocenters. The van der Waals surface area contributed by atoms with Crippen LogP contribution in [0.1, 0.15) is 105 Å². The highest BCUT2D eigenvalue weighted by Crippen LogP contribution is 2.57. The van der Waals surface area contributed by atoms with E-state index in [0.29, 0.717) is 31.3 Å². The number of methoxy groups -OCH3 is 3. The molecule has 3 aliphatic carbocycles. The lowest BCUT2D eigenvalue weighted by molar-refractivity contribution is -0.314. The number of hydrogen-bond acceptors (Lipinski definition) is 14. The maximum absolute atomic E-state index is 15.1. The number of ketones is 1. The molecule has 4 saturated heterocycles. The number of fused-ring (bicyclic) bond motifs is 5. The number of carbonyl (C=O) groups is 2. The molecular formula is C48H81N3O11. The highest BCUT2D eigenvalue weighted by atomic mass is 16.7. The molecule has 0 spiro atoms. The monoisotopic (exact) mass is 876 g/mol. The van der Waals surface area contributed by atoms with Gasteiger partial charge in [0.25, 0.3) is 0 Å². The largest absolute Gasteiger partial charge is 0.462 e. The van der Waals surface area contributed by atoms with E-state index in [1.54, 1.807) is 21.3 Å². The standard InChI is InChI=1S/C48H81N3O11/c1-10-30-15-13-16-37(61-39-17-14-18-48(4,62-39)27-50(5)6)28(2)42(53)36-25-33-32-23-31(60-47-46(57-9)45(56-8)44(55-7)29(3)58-47)24-35(32)41(49-19-22-51-20-11-12-21-51)43(54)40(33)34(36)26-38(52)59-30/h25,28-35,37,39-41,43-47,49,54H,10-24,26-27H2,1-9H3/t28-,29?,30+,31+,32+,33+,34-,35-,37+,39-,40-,41+,43+,44+,45?,46?,47+,48?/m1/s1. The number of nitrogens with one attached hydrogen (secondary N) is 1. The quantitative estimate of drug-likeness (QED) is 0.232. The van der Waals surface area contributed by atoms with E-state index >= 15 is 4.79 Å². The molecule has 6 fully saturated rings. The van der Waals surface area contributed by atoms with Crippen LogP contribution in [-0.4, -0.2) is 168 Å². The number of likely N-dealkylation sites (tertiary alicyclic amines) is 1. The first-order chi connectivity index (χ1) is 29.8. The molecule has 7 rings (SSSR count). The third-order valence-corrected chi connectivity index (χ3v) is 15.8. The van der Waals surface area contributed by atoms with Crippen LogP contribution >= 0.6 is 0 Å². The minimum atomic E-state index is -0.793. The number of carbonyl (C=O) groups excluding carboxylic acids is 2. The average molecular weight is 876 g/mol. The Morgan fingerprint density at radius 2 is 1.66 bits per heavy atom. The summed E-state index contributed by atoms with van der Waals surface area (Å²) in [7, 11) is 9.09. The summed E-state index contributed by atoms with van der Waals surface area (Å²) in [5, 5.41) is 16.6. The van der Waals surface area contributed by atoms with Crippen molar-refractivity contribution in [3.8, 4) is 0 Å². The summed E-state index contributed by atoms with van der Waals surface area (Å²) in [6.07, 6.45) is 7.49. The Labute approximate surface area is 371 Å². The fourth-order valence-corrected chi connectivity index (χ4v) is 12.9. The van der Waals surface area contributed by atoms with Gasteiger partial charge in [-0.2, -0.15) is 0 Å². The molecule has 0 radical (unpaired) electrons. The number of aliphatic hydroxyl groups excluding tert-OH is 1. The van der Waals surface area contributed by atoms with Crippen LogP contribution in [0, 0.1) is 35.5 Å². The Hall–Kier alpha value is -1.56. The van der Waals surface area contributed by atoms with Crippen molar-refractivity contribution in [1.29, 1.82) is 0 Å². The van der Waals surface area contributed by atoms with E-state index in [2.05, 4.69) is 49.1 Å². The molecule has 4 aliphatic heterocycles. The van der Waals surface area contributed by atoms with Gasteiger partial charge < -0.3 is 58.1 Å². The van der Waals surface area contributed by atoms with Crippen molar-refractivity contribution >= 4 is 11.8 Å². The van der Waals surface area contributed by atoms with Crippen LogP contribution in [0.3, 0.4) is 0 Å². The van der Waals surface area contributed by atoms with Crippen molar-refractivity contribution in [2.75, 3.05) is 68.1 Å². The topological polar surface area (TPSA) is 147 Å². The van der Waals surface area contributed by atoms with Gasteiger partial charge in [-0.05, 0) is 135 Å². The smallest absolute Gasteiger partial charge is 0.306 e. The SMILES string of the molecule is CC[C@H]1CCC[C@H](O[C@H]2CCCC(C)(CN(C)C)O2)[C@@H](C)C(=O)C2=C[C@H]3[C@@H]4C[C@H](O[C@@H]5OC(C)[C@H](OC)C(OC)C5OC)C[C@H]4[C@H](NCCN4CCCC4)[C@@H](O)[C@H]3[C@@H]2CC(=O)O1. The Morgan fingerprint density at radius 1 is 0.935 bits per heavy atom. The van der Waals surface area contributed by atoms with Crippen LogP contribution in [0.25, 0.3) is 0 Å². The van der Waals surface area contributed by atoms with Crippen molar-refractivity contribution < 1.29 is 52.6 Å². The molecule has 0 aromatic heterocycles. The number of aliphatic hydroxyl groups is 1. The molecule has 2 saturated carbocycles. The fraction of sp³-hybridized carbons (Fsp3) is 0.917. The van der Waals surface area contributed by atoms with Crippen molar-refractivity contribution in [2.45, 2.75) is 178 Å². The average Bonchev–Trinajstić information content (AvgIpc) is 3.99. The second-order valence-electron chi connectivity index (χ2n) is 20.4. The Balaban J connectivity index is 1.17. The molecule has 354 valence electrons. The number of esters is 1. The molecule has 7 aliphatic rings. The van der Waals surface area contributed by atoms with Gasteiger partial charge in [0.1, 0.15) is 24.4 Å². The third-order valence-electron chi connectivity index (χ3n) is 15.8. The number of hydrogen-bond donors (Lipinski definition) is 2. The number of allylic oxidation sites excluding steroid dienone is 2. The van der Waals surface area contributed by atoms with Gasteiger partial charge in [0.15, 0.2) is 18.4 Å². The van der Waals surface area contributed by atoms with Gasteiger partial charge in [0.2, 0.25) is 0 Å². The number of rotatable bonds is 14. The summed E-state index contributed by atoms with van der Waals surface area (Å²) < 4.78 is 50.7. The zero-order valence-electron chi connectivity index (χ0n) is 39.3. The molecule has 0 aromatic rings. The van der Waals surface area contributed by atoms with E-state index in [0.717, 1.165) is 64.8 Å². The molecule has 14 heteroatoms. The highest BCUT2D eigenvalue weighted by molar-refractivity contribution is 5.99. The zero-order valence-corrected chi connectivity index (χ0v) is 39.3. The minimum absolute atomic E-state index is 0.000557. The Kier molecular flexibility index (Phi) is 16.7. The van der Waals surface area contributed by atoms with Crippen LogP contribution in [0.15, 0.2) is 11.6 Å². The van der Waals surface area contributed by atoms with Gasteiger partial charge in [-0.1, -0.05) is 19.9 Å². The summed E-state index contributed by atoms with van der Waals surface area (Å²) in [6.45, 7) is 12.8. The second-order valence-corrected chi connectivity index (χ2v) is 20.4. The van der Waals surface area contributed by atoms with Crippen molar-refractivity contribution in [2.24, 2.45) is 35.5 Å². The van der Waals surface area contributed by atoms with Gasteiger partial charge in [-0.25, -0.2) is 0 Å². The van der Waals surface area contributed by atoms with Gasteiger partial charge in [0, 0.05) is 64.8 Å². The number of ether oxygens (including phenoxy) is 8. The molecule has 0 amide bonds. The number of likely N-dealkylation sites (N-methyl/N-ethyl adjacent to an activating group) is 1. The molecule has 4 heterocycles. The van der Waals surface area contributed by atoms with Crippen LogP contribution in [0.4, 0.5) is 0 Å². The summed E-state index contributed by atoms with van der Waals surface area (Å²) in [5.41, 5.74) is 0.311. The van der Waals surface area contributed by atoms with E-state index < -0.39 is 36.6 Å². The molecule has 62 heavy (non-hydrogen) atoms. The van der Waals surface area contributed by atoms with Crippen molar-refractivity contribution in [1.82, 2.24) is 15.1 Å². The predicted molar refractivity (Wildman–Crippen MR) is 233 cm³/mol. The first-order valence-corrected chi connectivity index (χ1v) is 24.2. The summed E-state index contributed by atoms with van der Waals surface area (Å²) >= 11 is 0. The lowest BCUT2D eigenvalue weighted by Gasteiger charge is -2.47. The first-order valence-electron chi connectivity index (χ1n) is 24.2. The van der Waals surface area contributed by atoms with Gasteiger partial charge >= 0.3 is 5.97 Å². The molecule has 0 aromatic carbocycles. The summed E-state index contributed by atoms with van der Waals surface area (Å²) in [5.74, 6) is -1.55. The van der Waals surface area contributed by atoms with Gasteiger partial charge in [-0.15, -0.1) is 0 Å². The Morgan fingerprint density at radius 3 is 2.35 bits per heavy atom. The van der Waals surface area contributed by atoms with Crippen LogP contribution < -0.4 is 5.32 Å². The highest BCUT2D eigenvalue weighted by Gasteiger charge is 2.60. The minimum Gasteiger partial charge on any atom is -0.462 e. The van der Waals surface area contributed by atoms with E-state index in [9.17, 15) is 9.90 Å². The first kappa shape index (κ1) is 48.4. The van der Waals surface area contributed by atoms with Crippen molar-refractivity contribution in [3.05, 3.63) is 11.6 Å². The maximum Gasteiger partial charge on any atom is 0.306 e. The predicted octanol–water partition coefficient (Wildman–Crippen LogP) is 4.74. The van der Waals surface area contributed by atoms with E-state index in [1.807, 2.05) is 13.8 Å². The molecule has 0 bridgehead atoms.